The van der Waals surface area contributed by atoms with E-state index in [4.69, 9.17) is 11.6 Å². The Labute approximate surface area is 152 Å². The molecule has 9 heteroatoms. The van der Waals surface area contributed by atoms with Crippen LogP contribution in [0.4, 0.5) is 11.4 Å². The number of anilines is 1. The Kier molecular flexibility index (Phi) is 4.43. The second-order valence-electron chi connectivity index (χ2n) is 5.67. The molecule has 0 atom stereocenters. The number of hydrogen-bond donors (Lipinski definition) is 1. The van der Waals surface area contributed by atoms with Gasteiger partial charge in [0.25, 0.3) is 17.2 Å². The average Bonchev–Trinajstić information content (AvgIpc) is 2.59. The first-order chi connectivity index (χ1) is 12.3. The minimum atomic E-state index is -0.642. The van der Waals surface area contributed by atoms with Crippen LogP contribution in [0.2, 0.25) is 5.02 Å². The molecule has 0 saturated heterocycles. The van der Waals surface area contributed by atoms with E-state index in [0.29, 0.717) is 21.9 Å². The van der Waals surface area contributed by atoms with Gasteiger partial charge in [-0.25, -0.2) is 4.98 Å². The van der Waals surface area contributed by atoms with E-state index in [1.165, 1.54) is 28.8 Å². The van der Waals surface area contributed by atoms with Crippen molar-refractivity contribution in [3.8, 4) is 0 Å². The van der Waals surface area contributed by atoms with Gasteiger partial charge >= 0.3 is 0 Å². The Balaban J connectivity index is 2.04. The number of halogens is 1. The quantitative estimate of drug-likeness (QED) is 0.561. The summed E-state index contributed by atoms with van der Waals surface area (Å²) in [5.41, 5.74) is 0.535. The largest absolute Gasteiger partial charge is 0.316 e. The second-order valence-corrected chi connectivity index (χ2v) is 6.10. The lowest BCUT2D eigenvalue weighted by Gasteiger charge is -2.10. The first-order valence-electron chi connectivity index (χ1n) is 7.53. The number of benzene rings is 1. The summed E-state index contributed by atoms with van der Waals surface area (Å²) in [5, 5.41) is 13.9. The molecule has 0 aliphatic carbocycles. The number of nitro groups is 1. The van der Waals surface area contributed by atoms with Crippen molar-refractivity contribution in [2.45, 2.75) is 13.8 Å². The molecular formula is C17H13ClN4O4. The Bertz CT molecular complexity index is 1120. The van der Waals surface area contributed by atoms with Crippen molar-refractivity contribution in [1.29, 1.82) is 0 Å². The highest BCUT2D eigenvalue weighted by molar-refractivity contribution is 6.30. The van der Waals surface area contributed by atoms with E-state index in [1.54, 1.807) is 26.0 Å². The van der Waals surface area contributed by atoms with Gasteiger partial charge in [-0.3, -0.25) is 24.1 Å². The van der Waals surface area contributed by atoms with Gasteiger partial charge in [-0.1, -0.05) is 17.7 Å². The molecule has 0 saturated carbocycles. The van der Waals surface area contributed by atoms with E-state index < -0.39 is 16.4 Å². The van der Waals surface area contributed by atoms with E-state index in [9.17, 15) is 19.7 Å². The molecule has 1 amide bonds. The molecule has 1 aromatic carbocycles. The molecule has 0 aliphatic rings. The van der Waals surface area contributed by atoms with Crippen LogP contribution in [0, 0.1) is 24.0 Å². The van der Waals surface area contributed by atoms with Gasteiger partial charge in [0.05, 0.1) is 15.6 Å². The Morgan fingerprint density at radius 2 is 2.00 bits per heavy atom. The van der Waals surface area contributed by atoms with E-state index in [1.807, 2.05) is 0 Å². The van der Waals surface area contributed by atoms with Gasteiger partial charge in [0, 0.05) is 23.4 Å². The van der Waals surface area contributed by atoms with Crippen LogP contribution in [0.1, 0.15) is 21.6 Å². The van der Waals surface area contributed by atoms with E-state index in [2.05, 4.69) is 10.3 Å². The molecule has 0 fully saturated rings. The zero-order valence-corrected chi connectivity index (χ0v) is 14.6. The van der Waals surface area contributed by atoms with Gasteiger partial charge in [-0.05, 0) is 32.0 Å². The van der Waals surface area contributed by atoms with E-state index in [0.717, 1.165) is 0 Å². The molecular weight excluding hydrogens is 360 g/mol. The molecule has 2 aromatic heterocycles. The molecule has 0 bridgehead atoms. The van der Waals surface area contributed by atoms with Crippen LogP contribution in [0.15, 0.2) is 41.3 Å². The standard InChI is InChI=1S/C17H13ClN4O4/c1-9-3-4-11(7-13(9)22(25)26)16(23)20-15-10(2)19-14-6-5-12(18)8-21(14)17(15)24/h3-8H,1-2H3,(H,20,23). The van der Waals surface area contributed by atoms with Crippen LogP contribution >= 0.6 is 11.6 Å². The normalized spacial score (nSPS) is 10.7. The zero-order valence-electron chi connectivity index (χ0n) is 13.8. The molecule has 2 heterocycles. The van der Waals surface area contributed by atoms with Crippen molar-refractivity contribution in [1.82, 2.24) is 9.38 Å². The first-order valence-corrected chi connectivity index (χ1v) is 7.90. The summed E-state index contributed by atoms with van der Waals surface area (Å²) in [6.07, 6.45) is 1.40. The maximum absolute atomic E-state index is 12.6. The number of carbonyl (C=O) groups excluding carboxylic acids is 1. The number of pyridine rings is 1. The lowest BCUT2D eigenvalue weighted by molar-refractivity contribution is -0.385. The molecule has 0 aliphatic heterocycles. The molecule has 0 spiro atoms. The number of carbonyl (C=O) groups is 1. The number of rotatable bonds is 3. The topological polar surface area (TPSA) is 107 Å². The molecule has 8 nitrogen and oxygen atoms in total. The Morgan fingerprint density at radius 1 is 1.27 bits per heavy atom. The van der Waals surface area contributed by atoms with Crippen LogP contribution in [0.5, 0.6) is 0 Å². The van der Waals surface area contributed by atoms with Crippen LogP contribution < -0.4 is 10.9 Å². The highest BCUT2D eigenvalue weighted by atomic mass is 35.5. The Hall–Kier alpha value is -3.26. The first kappa shape index (κ1) is 17.6. The van der Waals surface area contributed by atoms with Crippen molar-refractivity contribution < 1.29 is 9.72 Å². The monoisotopic (exact) mass is 372 g/mol. The SMILES string of the molecule is Cc1ccc(C(=O)Nc2c(C)nc3ccc(Cl)cn3c2=O)cc1[N+](=O)[O-]. The van der Waals surface area contributed by atoms with Crippen molar-refractivity contribution in [3.05, 3.63) is 78.8 Å². The summed E-state index contributed by atoms with van der Waals surface area (Å²) >= 11 is 5.91. The minimum absolute atomic E-state index is 0.0157. The third-order valence-corrected chi connectivity index (χ3v) is 4.10. The highest BCUT2D eigenvalue weighted by Gasteiger charge is 2.18. The fourth-order valence-corrected chi connectivity index (χ4v) is 2.66. The maximum Gasteiger partial charge on any atom is 0.281 e. The van der Waals surface area contributed by atoms with Gasteiger partial charge in [0.15, 0.2) is 0 Å². The van der Waals surface area contributed by atoms with Gasteiger partial charge in [0.1, 0.15) is 11.3 Å². The molecule has 0 radical (unpaired) electrons. The van der Waals surface area contributed by atoms with Gasteiger partial charge in [-0.2, -0.15) is 0 Å². The average molecular weight is 373 g/mol. The molecule has 3 aromatic rings. The number of fused-ring (bicyclic) bond motifs is 1. The number of aromatic nitrogens is 2. The number of nitrogens with zero attached hydrogens (tertiary/aromatic N) is 3. The molecule has 132 valence electrons. The summed E-state index contributed by atoms with van der Waals surface area (Å²) in [5.74, 6) is -0.642. The maximum atomic E-state index is 12.6. The van der Waals surface area contributed by atoms with Gasteiger partial charge in [0.2, 0.25) is 0 Å². The zero-order chi connectivity index (χ0) is 19.0. The fraction of sp³-hybridized carbons (Fsp3) is 0.118. The molecule has 0 unspecified atom stereocenters. The minimum Gasteiger partial charge on any atom is -0.316 e. The molecule has 1 N–H and O–H groups in total. The van der Waals surface area contributed by atoms with Crippen molar-refractivity contribution >= 4 is 34.5 Å². The number of aryl methyl sites for hydroxylation is 2. The van der Waals surface area contributed by atoms with Gasteiger partial charge in [-0.15, -0.1) is 0 Å². The third kappa shape index (κ3) is 3.14. The van der Waals surface area contributed by atoms with Crippen molar-refractivity contribution in [2.75, 3.05) is 5.32 Å². The van der Waals surface area contributed by atoms with Crippen LogP contribution in [0.3, 0.4) is 0 Å². The van der Waals surface area contributed by atoms with Crippen LogP contribution in [0.25, 0.3) is 5.65 Å². The predicted octanol–water partition coefficient (Wildman–Crippen LogP) is 3.13. The van der Waals surface area contributed by atoms with E-state index in [-0.39, 0.29) is 16.9 Å². The molecule has 3 rings (SSSR count). The number of nitrogens with one attached hydrogen (secondary N) is 1. The lowest BCUT2D eigenvalue weighted by Crippen LogP contribution is -2.25. The summed E-state index contributed by atoms with van der Waals surface area (Å²) in [7, 11) is 0. The second kappa shape index (κ2) is 6.57. The van der Waals surface area contributed by atoms with Crippen molar-refractivity contribution in [2.24, 2.45) is 0 Å². The van der Waals surface area contributed by atoms with Crippen LogP contribution in [-0.2, 0) is 0 Å². The fourth-order valence-electron chi connectivity index (χ4n) is 2.50. The number of nitro benzene ring substituents is 1. The predicted molar refractivity (Wildman–Crippen MR) is 97.0 cm³/mol. The molecule has 26 heavy (non-hydrogen) atoms. The van der Waals surface area contributed by atoms with Crippen molar-refractivity contribution in [3.63, 3.8) is 0 Å². The summed E-state index contributed by atoms with van der Waals surface area (Å²) in [6, 6.07) is 7.29. The summed E-state index contributed by atoms with van der Waals surface area (Å²) in [4.78, 5) is 39.9. The third-order valence-electron chi connectivity index (χ3n) is 3.87. The van der Waals surface area contributed by atoms with Crippen LogP contribution in [-0.4, -0.2) is 20.2 Å². The lowest BCUT2D eigenvalue weighted by atomic mass is 10.1. The number of hydrogen-bond acceptors (Lipinski definition) is 5. The van der Waals surface area contributed by atoms with Gasteiger partial charge < -0.3 is 5.32 Å². The smallest absolute Gasteiger partial charge is 0.281 e. The highest BCUT2D eigenvalue weighted by Crippen LogP contribution is 2.20. The van der Waals surface area contributed by atoms with E-state index >= 15 is 0 Å². The Morgan fingerprint density at radius 3 is 2.69 bits per heavy atom. The number of amides is 1. The summed E-state index contributed by atoms with van der Waals surface area (Å²) in [6.45, 7) is 3.16. The summed E-state index contributed by atoms with van der Waals surface area (Å²) < 4.78 is 1.22.